The Morgan fingerprint density at radius 2 is 2.12 bits per heavy atom. The molecule has 0 N–H and O–H groups in total. The minimum atomic E-state index is 0.578. The Kier molecular flexibility index (Phi) is 4.99. The van der Waals surface area contributed by atoms with Crippen LogP contribution in [0.4, 0.5) is 0 Å². The molecule has 0 bridgehead atoms. The second-order valence-corrected chi connectivity index (χ2v) is 7.20. The van der Waals surface area contributed by atoms with E-state index in [0.717, 1.165) is 28.5 Å². The first kappa shape index (κ1) is 17.2. The van der Waals surface area contributed by atoms with Crippen LogP contribution in [0, 0.1) is 0 Å². The zero-order valence-electron chi connectivity index (χ0n) is 14.2. The van der Waals surface area contributed by atoms with Crippen molar-refractivity contribution < 1.29 is 9.47 Å². The Bertz CT molecular complexity index is 917. The summed E-state index contributed by atoms with van der Waals surface area (Å²) in [6, 6.07) is 7.75. The highest BCUT2D eigenvalue weighted by Gasteiger charge is 2.17. The highest BCUT2D eigenvalue weighted by Crippen LogP contribution is 2.39. The van der Waals surface area contributed by atoms with Crippen molar-refractivity contribution in [1.82, 2.24) is 19.7 Å². The van der Waals surface area contributed by atoms with Crippen LogP contribution >= 0.6 is 23.4 Å². The van der Waals surface area contributed by atoms with E-state index in [9.17, 15) is 0 Å². The van der Waals surface area contributed by atoms with E-state index in [4.69, 9.17) is 21.1 Å². The molecule has 26 heavy (non-hydrogen) atoms. The Morgan fingerprint density at radius 3 is 2.96 bits per heavy atom. The van der Waals surface area contributed by atoms with Gasteiger partial charge in [0.15, 0.2) is 22.5 Å². The Labute approximate surface area is 160 Å². The molecular formula is C18H17ClN4O2S. The molecule has 0 saturated carbocycles. The van der Waals surface area contributed by atoms with Gasteiger partial charge in [-0.2, -0.15) is 0 Å². The monoisotopic (exact) mass is 388 g/mol. The minimum Gasteiger partial charge on any atom is -0.489 e. The predicted octanol–water partition coefficient (Wildman–Crippen LogP) is 3.98. The van der Waals surface area contributed by atoms with Crippen LogP contribution in [0.3, 0.4) is 0 Å². The number of hydrogen-bond acceptors (Lipinski definition) is 6. The number of thioether (sulfide) groups is 1. The lowest BCUT2D eigenvalue weighted by Crippen LogP contribution is -1.97. The normalized spacial score (nSPS) is 13.5. The number of aromatic nitrogens is 4. The number of pyridine rings is 1. The molecule has 4 rings (SSSR count). The summed E-state index contributed by atoms with van der Waals surface area (Å²) in [5.41, 5.74) is 1.99. The van der Waals surface area contributed by atoms with Crippen LogP contribution in [-0.2, 0) is 12.8 Å². The van der Waals surface area contributed by atoms with Gasteiger partial charge in [0.25, 0.3) is 0 Å². The third-order valence-electron chi connectivity index (χ3n) is 3.98. The average Bonchev–Trinajstić information content (AvgIpc) is 2.86. The maximum atomic E-state index is 6.36. The summed E-state index contributed by atoms with van der Waals surface area (Å²) in [6.07, 6.45) is 4.37. The number of halogens is 1. The standard InChI is InChI=1S/C18H17ClN4O2S/c1-23-17(13-4-2-5-20-10-13)21-22-18(23)26-11-12-8-14(19)16-15(9-12)24-6-3-7-25-16/h2,4-5,8-10H,3,6-7,11H2,1H3. The van der Waals surface area contributed by atoms with Crippen LogP contribution < -0.4 is 9.47 Å². The van der Waals surface area contributed by atoms with Crippen molar-refractivity contribution in [3.05, 3.63) is 47.2 Å². The summed E-state index contributed by atoms with van der Waals surface area (Å²) in [5, 5.41) is 9.97. The lowest BCUT2D eigenvalue weighted by atomic mass is 10.2. The molecule has 0 spiro atoms. The van der Waals surface area contributed by atoms with Crippen LogP contribution in [0.5, 0.6) is 11.5 Å². The largest absolute Gasteiger partial charge is 0.489 e. The summed E-state index contributed by atoms with van der Waals surface area (Å²) in [6.45, 7) is 1.26. The van der Waals surface area contributed by atoms with E-state index in [1.165, 1.54) is 0 Å². The van der Waals surface area contributed by atoms with Gasteiger partial charge in [0.2, 0.25) is 0 Å². The summed E-state index contributed by atoms with van der Waals surface area (Å²) >= 11 is 7.96. The molecule has 0 fully saturated rings. The molecular weight excluding hydrogens is 372 g/mol. The van der Waals surface area contributed by atoms with E-state index >= 15 is 0 Å². The van der Waals surface area contributed by atoms with Gasteiger partial charge in [0.1, 0.15) is 0 Å². The van der Waals surface area contributed by atoms with Crippen molar-refractivity contribution >= 4 is 23.4 Å². The fourth-order valence-electron chi connectivity index (χ4n) is 2.70. The van der Waals surface area contributed by atoms with Crippen LogP contribution in [0.25, 0.3) is 11.4 Å². The van der Waals surface area contributed by atoms with Gasteiger partial charge in [-0.3, -0.25) is 4.98 Å². The van der Waals surface area contributed by atoms with Crippen LogP contribution in [0.15, 0.2) is 41.8 Å². The van der Waals surface area contributed by atoms with Crippen LogP contribution in [-0.4, -0.2) is 33.0 Å². The average molecular weight is 389 g/mol. The highest BCUT2D eigenvalue weighted by atomic mass is 35.5. The van der Waals surface area contributed by atoms with Crippen molar-refractivity contribution in [2.75, 3.05) is 13.2 Å². The number of benzene rings is 1. The first-order valence-electron chi connectivity index (χ1n) is 8.23. The molecule has 0 radical (unpaired) electrons. The SMILES string of the molecule is Cn1c(SCc2cc(Cl)c3c(c2)OCCCO3)nnc1-c1cccnc1. The zero-order chi connectivity index (χ0) is 17.9. The molecule has 0 unspecified atom stereocenters. The number of nitrogens with zero attached hydrogens (tertiary/aromatic N) is 4. The maximum absolute atomic E-state index is 6.36. The second kappa shape index (κ2) is 7.55. The molecule has 1 aromatic carbocycles. The van der Waals surface area contributed by atoms with Crippen molar-refractivity contribution in [3.63, 3.8) is 0 Å². The molecule has 8 heteroatoms. The summed E-state index contributed by atoms with van der Waals surface area (Å²) in [7, 11) is 1.95. The second-order valence-electron chi connectivity index (χ2n) is 5.85. The quantitative estimate of drug-likeness (QED) is 0.630. The lowest BCUT2D eigenvalue weighted by molar-refractivity contribution is 0.297. The fourth-order valence-corrected chi connectivity index (χ4v) is 3.83. The van der Waals surface area contributed by atoms with Gasteiger partial charge in [-0.1, -0.05) is 23.4 Å². The Balaban J connectivity index is 1.52. The van der Waals surface area contributed by atoms with E-state index in [-0.39, 0.29) is 0 Å². The first-order valence-corrected chi connectivity index (χ1v) is 9.59. The number of hydrogen-bond donors (Lipinski definition) is 0. The van der Waals surface area contributed by atoms with E-state index in [1.807, 2.05) is 35.9 Å². The molecule has 134 valence electrons. The minimum absolute atomic E-state index is 0.578. The van der Waals surface area contributed by atoms with Gasteiger partial charge in [0, 0.05) is 37.2 Å². The molecule has 3 aromatic rings. The van der Waals surface area contributed by atoms with Gasteiger partial charge in [0.05, 0.1) is 18.2 Å². The molecule has 0 atom stereocenters. The number of ether oxygens (including phenoxy) is 2. The molecule has 1 aliphatic rings. The van der Waals surface area contributed by atoms with Crippen LogP contribution in [0.1, 0.15) is 12.0 Å². The third kappa shape index (κ3) is 3.50. The zero-order valence-corrected chi connectivity index (χ0v) is 15.8. The molecule has 3 heterocycles. The topological polar surface area (TPSA) is 62.1 Å². The number of rotatable bonds is 4. The molecule has 0 amide bonds. The smallest absolute Gasteiger partial charge is 0.191 e. The predicted molar refractivity (Wildman–Crippen MR) is 101 cm³/mol. The molecule has 0 saturated heterocycles. The van der Waals surface area contributed by atoms with Crippen LogP contribution in [0.2, 0.25) is 5.02 Å². The van der Waals surface area contributed by atoms with Crippen molar-refractivity contribution in [1.29, 1.82) is 0 Å². The summed E-state index contributed by atoms with van der Waals surface area (Å²) in [5.74, 6) is 2.84. The van der Waals surface area contributed by atoms with Gasteiger partial charge in [-0.25, -0.2) is 0 Å². The van der Waals surface area contributed by atoms with E-state index in [1.54, 1.807) is 24.2 Å². The first-order chi connectivity index (χ1) is 12.7. The van der Waals surface area contributed by atoms with Crippen molar-refractivity contribution in [3.8, 4) is 22.9 Å². The summed E-state index contributed by atoms with van der Waals surface area (Å²) in [4.78, 5) is 4.13. The van der Waals surface area contributed by atoms with Gasteiger partial charge in [-0.15, -0.1) is 10.2 Å². The Hall–Kier alpha value is -2.25. The third-order valence-corrected chi connectivity index (χ3v) is 5.36. The molecule has 6 nitrogen and oxygen atoms in total. The lowest BCUT2D eigenvalue weighted by Gasteiger charge is -2.11. The van der Waals surface area contributed by atoms with Gasteiger partial charge >= 0.3 is 0 Å². The van der Waals surface area contributed by atoms with Crippen molar-refractivity contribution in [2.45, 2.75) is 17.3 Å². The molecule has 1 aliphatic heterocycles. The Morgan fingerprint density at radius 1 is 1.23 bits per heavy atom. The highest BCUT2D eigenvalue weighted by molar-refractivity contribution is 7.98. The fraction of sp³-hybridized carbons (Fsp3) is 0.278. The van der Waals surface area contributed by atoms with E-state index in [0.29, 0.717) is 35.5 Å². The van der Waals surface area contributed by atoms with E-state index in [2.05, 4.69) is 15.2 Å². The maximum Gasteiger partial charge on any atom is 0.191 e. The number of fused-ring (bicyclic) bond motifs is 1. The van der Waals surface area contributed by atoms with Gasteiger partial charge < -0.3 is 14.0 Å². The van der Waals surface area contributed by atoms with Crippen molar-refractivity contribution in [2.24, 2.45) is 7.05 Å². The van der Waals surface area contributed by atoms with E-state index < -0.39 is 0 Å². The molecule has 2 aromatic heterocycles. The summed E-state index contributed by atoms with van der Waals surface area (Å²) < 4.78 is 13.4. The molecule has 0 aliphatic carbocycles. The van der Waals surface area contributed by atoms with Gasteiger partial charge in [-0.05, 0) is 29.8 Å².